The van der Waals surface area contributed by atoms with E-state index in [-0.39, 0.29) is 18.9 Å². The number of carbonyl (C=O) groups is 2. The zero-order chi connectivity index (χ0) is 58.6. The second kappa shape index (κ2) is 59.4. The molecule has 0 aliphatic carbocycles. The second-order valence-electron chi connectivity index (χ2n) is 23.6. The Hall–Kier alpha value is -2.81. The second-order valence-corrected chi connectivity index (χ2v) is 25.0. The predicted molar refractivity (Wildman–Crippen MR) is 344 cm³/mol. The molecule has 0 aromatic heterocycles. The fraction of sp³-hybridized carbons (Fsp3) is 0.771. The molecular weight excluding hydrogens is 1010 g/mol. The molecule has 9 nitrogen and oxygen atoms in total. The van der Waals surface area contributed by atoms with E-state index in [4.69, 9.17) is 13.8 Å². The van der Waals surface area contributed by atoms with Crippen LogP contribution < -0.4 is 10.2 Å². The van der Waals surface area contributed by atoms with Gasteiger partial charge in [-0.3, -0.25) is 14.2 Å². The molecule has 1 amide bonds. The Morgan fingerprint density at radius 2 is 0.812 bits per heavy atom. The van der Waals surface area contributed by atoms with E-state index in [9.17, 15) is 19.0 Å². The summed E-state index contributed by atoms with van der Waals surface area (Å²) >= 11 is 0. The first-order valence-corrected chi connectivity index (χ1v) is 34.9. The lowest BCUT2D eigenvalue weighted by molar-refractivity contribution is -0.870. The van der Waals surface area contributed by atoms with Gasteiger partial charge in [-0.2, -0.15) is 0 Å². The van der Waals surface area contributed by atoms with Crippen molar-refractivity contribution in [3.63, 3.8) is 0 Å². The van der Waals surface area contributed by atoms with Crippen molar-refractivity contribution in [1.29, 1.82) is 0 Å². The number of hydrogen-bond acceptors (Lipinski definition) is 7. The third-order valence-electron chi connectivity index (χ3n) is 14.6. The van der Waals surface area contributed by atoms with Crippen molar-refractivity contribution in [1.82, 2.24) is 5.32 Å². The van der Waals surface area contributed by atoms with Crippen LogP contribution in [0.3, 0.4) is 0 Å². The maximum Gasteiger partial charge on any atom is 0.306 e. The van der Waals surface area contributed by atoms with Crippen LogP contribution in [0.5, 0.6) is 0 Å². The van der Waals surface area contributed by atoms with Crippen LogP contribution in [0.1, 0.15) is 297 Å². The predicted octanol–water partition coefficient (Wildman–Crippen LogP) is 20.3. The number of amides is 1. The Morgan fingerprint density at radius 1 is 0.450 bits per heavy atom. The molecule has 0 spiro atoms. The summed E-state index contributed by atoms with van der Waals surface area (Å²) in [7, 11) is 1.15. The lowest BCUT2D eigenvalue weighted by Gasteiger charge is -2.30. The summed E-state index contributed by atoms with van der Waals surface area (Å²) in [6.07, 6.45) is 78.6. The average Bonchev–Trinajstić information content (AvgIpc) is 3.42. The Bertz CT molecular complexity index is 1640. The molecule has 1 N–H and O–H groups in total. The number of rotatable bonds is 60. The highest BCUT2D eigenvalue weighted by molar-refractivity contribution is 7.45. The third-order valence-corrected chi connectivity index (χ3v) is 15.5. The van der Waals surface area contributed by atoms with E-state index < -0.39 is 32.5 Å². The molecule has 80 heavy (non-hydrogen) atoms. The highest BCUT2D eigenvalue weighted by Gasteiger charge is 2.27. The number of quaternary nitrogens is 1. The molecular formula is C70H127N2O7P. The van der Waals surface area contributed by atoms with Gasteiger partial charge in [0.1, 0.15) is 19.3 Å². The number of unbranched alkanes of at least 4 members (excludes halogenated alkanes) is 32. The molecule has 10 heteroatoms. The summed E-state index contributed by atoms with van der Waals surface area (Å²) in [5.74, 6) is -0.604. The SMILES string of the molecule is CC/C=C\C/C=C\C/C=C\C/C=C\C/C=C\CCCC(=O)OC(/C=C\CCCCCCCCCCCC)C(COP(=O)([O-])OCC[N+](C)(C)C)NC(=O)CCCCCCCCCCCCCCCCC/C=C/CCCCCCCC. The molecule has 0 heterocycles. The molecule has 0 aromatic carbocycles. The lowest BCUT2D eigenvalue weighted by atomic mass is 10.0. The minimum Gasteiger partial charge on any atom is -0.756 e. The number of hydrogen-bond donors (Lipinski definition) is 1. The third kappa shape index (κ3) is 59.8. The smallest absolute Gasteiger partial charge is 0.306 e. The van der Waals surface area contributed by atoms with Crippen LogP contribution in [0.25, 0.3) is 0 Å². The normalized spacial score (nSPS) is 14.1. The van der Waals surface area contributed by atoms with Gasteiger partial charge in [0, 0.05) is 12.8 Å². The number of phosphoric acid groups is 1. The molecule has 0 aliphatic heterocycles. The number of likely N-dealkylation sites (N-methyl/N-ethyl adjacent to an activating group) is 1. The Labute approximate surface area is 495 Å². The van der Waals surface area contributed by atoms with E-state index in [0.717, 1.165) is 77.0 Å². The van der Waals surface area contributed by atoms with Crippen LogP contribution >= 0.6 is 7.82 Å². The zero-order valence-corrected chi connectivity index (χ0v) is 53.9. The number of ether oxygens (including phenoxy) is 1. The average molecular weight is 1140 g/mol. The summed E-state index contributed by atoms with van der Waals surface area (Å²) in [6, 6.07) is -0.914. The summed E-state index contributed by atoms with van der Waals surface area (Å²) in [6.45, 7) is 6.70. The Morgan fingerprint density at radius 3 is 1.24 bits per heavy atom. The van der Waals surface area contributed by atoms with E-state index in [1.165, 1.54) is 180 Å². The van der Waals surface area contributed by atoms with Crippen molar-refractivity contribution in [2.24, 2.45) is 0 Å². The maximum atomic E-state index is 13.6. The van der Waals surface area contributed by atoms with Gasteiger partial charge in [0.25, 0.3) is 7.82 Å². The fourth-order valence-corrected chi connectivity index (χ4v) is 10.2. The first-order chi connectivity index (χ1) is 38.9. The van der Waals surface area contributed by atoms with Crippen LogP contribution in [0.15, 0.2) is 85.1 Å². The molecule has 3 unspecified atom stereocenters. The van der Waals surface area contributed by atoms with Crippen molar-refractivity contribution in [2.75, 3.05) is 40.9 Å². The minimum absolute atomic E-state index is 0.0332. The number of allylic oxidation sites excluding steroid dienone is 13. The summed E-state index contributed by atoms with van der Waals surface area (Å²) in [5, 5.41) is 3.02. The van der Waals surface area contributed by atoms with Crippen LogP contribution in [0.4, 0.5) is 0 Å². The fourth-order valence-electron chi connectivity index (χ4n) is 9.44. The highest BCUT2D eigenvalue weighted by Crippen LogP contribution is 2.38. The highest BCUT2D eigenvalue weighted by atomic mass is 31.2. The first kappa shape index (κ1) is 77.2. The Balaban J connectivity index is 5.15. The van der Waals surface area contributed by atoms with E-state index in [1.807, 2.05) is 33.3 Å². The first-order valence-electron chi connectivity index (χ1n) is 33.4. The number of carbonyl (C=O) groups excluding carboxylic acids is 2. The zero-order valence-electron chi connectivity index (χ0n) is 53.0. The maximum absolute atomic E-state index is 13.6. The lowest BCUT2D eigenvalue weighted by Crippen LogP contribution is -2.47. The van der Waals surface area contributed by atoms with Crippen molar-refractivity contribution < 1.29 is 37.3 Å². The molecule has 0 rings (SSSR count). The van der Waals surface area contributed by atoms with E-state index in [0.29, 0.717) is 23.9 Å². The summed E-state index contributed by atoms with van der Waals surface area (Å²) in [4.78, 5) is 40.0. The van der Waals surface area contributed by atoms with Gasteiger partial charge in [-0.15, -0.1) is 0 Å². The molecule has 0 aromatic rings. The number of esters is 1. The van der Waals surface area contributed by atoms with Gasteiger partial charge in [0.15, 0.2) is 0 Å². The van der Waals surface area contributed by atoms with Crippen molar-refractivity contribution in [2.45, 2.75) is 309 Å². The van der Waals surface area contributed by atoms with Gasteiger partial charge in [-0.1, -0.05) is 273 Å². The molecule has 0 radical (unpaired) electrons. The van der Waals surface area contributed by atoms with Gasteiger partial charge >= 0.3 is 5.97 Å². The standard InChI is InChI=1S/C70H127N2O7P/c1-7-10-13-16-19-22-25-28-30-32-33-34-35-36-37-38-39-41-42-44-47-50-53-56-59-62-69(73)71-67(66-78-80(75,76)77-65-64-72(4,5)6)68(61-58-55-52-49-46-27-24-21-18-15-12-9-3)79-70(74)63-60-57-54-51-48-45-43-40-31-29-26-23-20-17-14-11-8-2/h11,14,20,23,28-31,43,45,51,54,58,61,67-68H,7-10,12-13,15-19,21-22,24-27,32-42,44,46-50,52-53,55-57,59-60,62-66H2,1-6H3,(H-,71,73,75,76)/b14-11-,23-20-,30-28+,31-29-,45-43-,54-51-,61-58-. The van der Waals surface area contributed by atoms with Crippen molar-refractivity contribution in [3.8, 4) is 0 Å². The number of nitrogens with zero attached hydrogens (tertiary/aromatic N) is 1. The molecule has 3 atom stereocenters. The van der Waals surface area contributed by atoms with Gasteiger partial charge in [-0.25, -0.2) is 0 Å². The molecule has 464 valence electrons. The Kier molecular flexibility index (Phi) is 57.3. The van der Waals surface area contributed by atoms with E-state index in [2.05, 4.69) is 99.0 Å². The minimum atomic E-state index is -4.72. The quantitative estimate of drug-likeness (QED) is 0.0212. The van der Waals surface area contributed by atoms with E-state index >= 15 is 0 Å². The van der Waals surface area contributed by atoms with Crippen molar-refractivity contribution >= 4 is 19.7 Å². The molecule has 0 fully saturated rings. The monoisotopic (exact) mass is 1140 g/mol. The number of nitrogens with one attached hydrogen (secondary N) is 1. The molecule has 0 bridgehead atoms. The van der Waals surface area contributed by atoms with Gasteiger partial charge in [-0.05, 0) is 96.0 Å². The van der Waals surface area contributed by atoms with Crippen LogP contribution in [-0.2, 0) is 27.9 Å². The summed E-state index contributed by atoms with van der Waals surface area (Å²) < 4.78 is 30.3. The summed E-state index contributed by atoms with van der Waals surface area (Å²) in [5.41, 5.74) is 0. The van der Waals surface area contributed by atoms with Gasteiger partial charge < -0.3 is 28.5 Å². The van der Waals surface area contributed by atoms with Crippen LogP contribution in [0, 0.1) is 0 Å². The molecule has 0 saturated carbocycles. The van der Waals surface area contributed by atoms with Crippen LogP contribution in [-0.4, -0.2) is 69.4 Å². The molecule has 0 aliphatic rings. The number of phosphoric ester groups is 1. The largest absolute Gasteiger partial charge is 0.756 e. The van der Waals surface area contributed by atoms with Gasteiger partial charge in [0.2, 0.25) is 5.91 Å². The van der Waals surface area contributed by atoms with E-state index in [1.54, 1.807) is 0 Å². The van der Waals surface area contributed by atoms with Gasteiger partial charge in [0.05, 0.1) is 33.8 Å². The van der Waals surface area contributed by atoms with Crippen LogP contribution in [0.2, 0.25) is 0 Å². The molecule has 0 saturated heterocycles. The topological polar surface area (TPSA) is 114 Å². The van der Waals surface area contributed by atoms with Crippen molar-refractivity contribution in [3.05, 3.63) is 85.1 Å².